The maximum Gasteiger partial charge on any atom is 0.262 e. The summed E-state index contributed by atoms with van der Waals surface area (Å²) in [5.74, 6) is -1.51. The molecule has 0 heterocycles. The molecule has 3 N–H and O–H groups in total. The first kappa shape index (κ1) is 14.7. The van der Waals surface area contributed by atoms with Crippen LogP contribution in [0.4, 0.5) is 20.2 Å². The second-order valence-electron chi connectivity index (χ2n) is 3.92. The van der Waals surface area contributed by atoms with Crippen molar-refractivity contribution in [3.05, 3.63) is 52.5 Å². The van der Waals surface area contributed by atoms with E-state index in [1.807, 2.05) is 4.72 Å². The highest BCUT2D eigenvalue weighted by molar-refractivity contribution is 9.10. The Morgan fingerprint density at radius 2 is 1.75 bits per heavy atom. The maximum atomic E-state index is 13.5. The van der Waals surface area contributed by atoms with Gasteiger partial charge >= 0.3 is 0 Å². The first-order valence-electron chi connectivity index (χ1n) is 5.32. The Morgan fingerprint density at radius 3 is 2.40 bits per heavy atom. The largest absolute Gasteiger partial charge is 0.399 e. The van der Waals surface area contributed by atoms with Gasteiger partial charge in [-0.15, -0.1) is 0 Å². The number of rotatable bonds is 3. The summed E-state index contributed by atoms with van der Waals surface area (Å²) in [6.07, 6.45) is 0. The molecule has 0 saturated heterocycles. The summed E-state index contributed by atoms with van der Waals surface area (Å²) in [5.41, 5.74) is 5.36. The van der Waals surface area contributed by atoms with E-state index < -0.39 is 21.7 Å². The van der Waals surface area contributed by atoms with Crippen LogP contribution in [0.25, 0.3) is 0 Å². The van der Waals surface area contributed by atoms with E-state index in [9.17, 15) is 17.2 Å². The van der Waals surface area contributed by atoms with E-state index in [0.717, 1.165) is 18.2 Å². The van der Waals surface area contributed by atoms with Crippen molar-refractivity contribution in [2.45, 2.75) is 4.90 Å². The molecule has 0 amide bonds. The topological polar surface area (TPSA) is 72.2 Å². The molecule has 0 aromatic heterocycles. The molecule has 2 rings (SSSR count). The van der Waals surface area contributed by atoms with Crippen LogP contribution in [0.2, 0.25) is 0 Å². The normalized spacial score (nSPS) is 11.3. The molecule has 0 saturated carbocycles. The number of nitrogens with two attached hydrogens (primary N) is 1. The lowest BCUT2D eigenvalue weighted by Gasteiger charge is -2.10. The monoisotopic (exact) mass is 362 g/mol. The Labute approximate surface area is 122 Å². The molecule has 0 fully saturated rings. The third kappa shape index (κ3) is 3.07. The predicted molar refractivity (Wildman–Crippen MR) is 75.7 cm³/mol. The van der Waals surface area contributed by atoms with Crippen molar-refractivity contribution in [2.75, 3.05) is 10.5 Å². The molecule has 0 unspecified atom stereocenters. The van der Waals surface area contributed by atoms with Crippen LogP contribution >= 0.6 is 15.9 Å². The zero-order chi connectivity index (χ0) is 14.9. The van der Waals surface area contributed by atoms with Gasteiger partial charge in [-0.1, -0.05) is 0 Å². The fourth-order valence-electron chi connectivity index (χ4n) is 1.47. The van der Waals surface area contributed by atoms with Crippen molar-refractivity contribution < 1.29 is 17.2 Å². The molecule has 0 bridgehead atoms. The van der Waals surface area contributed by atoms with E-state index in [4.69, 9.17) is 5.73 Å². The highest BCUT2D eigenvalue weighted by Gasteiger charge is 2.18. The first-order chi connectivity index (χ1) is 9.29. The molecule has 0 aliphatic heterocycles. The number of benzene rings is 2. The van der Waals surface area contributed by atoms with Crippen molar-refractivity contribution >= 4 is 37.3 Å². The second-order valence-corrected chi connectivity index (χ2v) is 6.46. The lowest BCUT2D eigenvalue weighted by molar-refractivity contribution is 0.592. The molecule has 0 aliphatic carbocycles. The third-order valence-corrected chi connectivity index (χ3v) is 4.44. The molecule has 0 radical (unpaired) electrons. The predicted octanol–water partition coefficient (Wildman–Crippen LogP) is 3.11. The molecular weight excluding hydrogens is 354 g/mol. The van der Waals surface area contributed by atoms with Gasteiger partial charge < -0.3 is 5.73 Å². The van der Waals surface area contributed by atoms with E-state index in [-0.39, 0.29) is 20.7 Å². The van der Waals surface area contributed by atoms with Crippen molar-refractivity contribution in [1.82, 2.24) is 0 Å². The number of hydrogen-bond donors (Lipinski definition) is 2. The van der Waals surface area contributed by atoms with Crippen LogP contribution in [0.15, 0.2) is 45.8 Å². The number of hydrogen-bond acceptors (Lipinski definition) is 3. The molecule has 20 heavy (non-hydrogen) atoms. The summed E-state index contributed by atoms with van der Waals surface area (Å²) in [6, 6.07) is 6.75. The summed E-state index contributed by atoms with van der Waals surface area (Å²) < 4.78 is 53.1. The fraction of sp³-hybridized carbons (Fsp3) is 0. The van der Waals surface area contributed by atoms with Gasteiger partial charge in [0.2, 0.25) is 0 Å². The van der Waals surface area contributed by atoms with Gasteiger partial charge in [0.05, 0.1) is 15.1 Å². The summed E-state index contributed by atoms with van der Waals surface area (Å²) in [4.78, 5) is -0.319. The third-order valence-electron chi connectivity index (χ3n) is 2.44. The van der Waals surface area contributed by atoms with E-state index in [1.165, 1.54) is 18.2 Å². The molecule has 4 nitrogen and oxygen atoms in total. The van der Waals surface area contributed by atoms with Crippen molar-refractivity contribution in [2.24, 2.45) is 0 Å². The highest BCUT2D eigenvalue weighted by Crippen LogP contribution is 2.24. The lowest BCUT2D eigenvalue weighted by atomic mass is 10.3. The van der Waals surface area contributed by atoms with E-state index in [2.05, 4.69) is 15.9 Å². The van der Waals surface area contributed by atoms with Gasteiger partial charge in [0, 0.05) is 5.69 Å². The van der Waals surface area contributed by atoms with Crippen molar-refractivity contribution in [1.29, 1.82) is 0 Å². The molecule has 0 spiro atoms. The Kier molecular flexibility index (Phi) is 3.96. The second kappa shape index (κ2) is 5.37. The van der Waals surface area contributed by atoms with Gasteiger partial charge in [-0.25, -0.2) is 17.2 Å². The van der Waals surface area contributed by atoms with Crippen LogP contribution in [0.3, 0.4) is 0 Å². The minimum atomic E-state index is -4.10. The molecule has 0 atom stereocenters. The summed E-state index contributed by atoms with van der Waals surface area (Å²) >= 11 is 2.92. The Bertz CT molecular complexity index is 766. The molecule has 2 aromatic carbocycles. The van der Waals surface area contributed by atoms with E-state index in [1.54, 1.807) is 0 Å². The van der Waals surface area contributed by atoms with E-state index in [0.29, 0.717) is 0 Å². The van der Waals surface area contributed by atoms with Crippen LogP contribution < -0.4 is 10.5 Å². The number of nitrogen functional groups attached to an aromatic ring is 1. The van der Waals surface area contributed by atoms with Gasteiger partial charge in [0.25, 0.3) is 10.0 Å². The van der Waals surface area contributed by atoms with Crippen LogP contribution in [0.5, 0.6) is 0 Å². The zero-order valence-electron chi connectivity index (χ0n) is 9.90. The minimum Gasteiger partial charge on any atom is -0.399 e. The Balaban J connectivity index is 2.40. The summed E-state index contributed by atoms with van der Waals surface area (Å²) in [7, 11) is -4.10. The zero-order valence-corrected chi connectivity index (χ0v) is 12.3. The van der Waals surface area contributed by atoms with Gasteiger partial charge in [0.15, 0.2) is 0 Å². The van der Waals surface area contributed by atoms with Crippen LogP contribution in [0, 0.1) is 11.6 Å². The highest BCUT2D eigenvalue weighted by atomic mass is 79.9. The smallest absolute Gasteiger partial charge is 0.262 e. The van der Waals surface area contributed by atoms with E-state index >= 15 is 0 Å². The number of nitrogens with one attached hydrogen (secondary N) is 1. The van der Waals surface area contributed by atoms with Crippen molar-refractivity contribution in [3.63, 3.8) is 0 Å². The first-order valence-corrected chi connectivity index (χ1v) is 7.60. The van der Waals surface area contributed by atoms with Gasteiger partial charge in [0.1, 0.15) is 11.6 Å². The van der Waals surface area contributed by atoms with Crippen LogP contribution in [-0.2, 0) is 10.0 Å². The molecular formula is C12H9BrF2N2O2S. The average molecular weight is 363 g/mol. The average Bonchev–Trinajstić information content (AvgIpc) is 2.36. The summed E-state index contributed by atoms with van der Waals surface area (Å²) in [6.45, 7) is 0. The minimum absolute atomic E-state index is 0.131. The van der Waals surface area contributed by atoms with Gasteiger partial charge in [-0.05, 0) is 52.3 Å². The SMILES string of the molecule is Nc1ccc(F)c(NS(=O)(=O)c2ccc(Br)c(F)c2)c1. The van der Waals surface area contributed by atoms with Gasteiger partial charge in [-0.2, -0.15) is 0 Å². The Hall–Kier alpha value is -1.67. The molecule has 0 aliphatic rings. The quantitative estimate of drug-likeness (QED) is 0.824. The number of sulfonamides is 1. The maximum absolute atomic E-state index is 13.5. The fourth-order valence-corrected chi connectivity index (χ4v) is 2.79. The molecule has 8 heteroatoms. The number of anilines is 2. The lowest BCUT2D eigenvalue weighted by Crippen LogP contribution is -2.14. The van der Waals surface area contributed by atoms with Crippen LogP contribution in [-0.4, -0.2) is 8.42 Å². The van der Waals surface area contributed by atoms with Crippen LogP contribution in [0.1, 0.15) is 0 Å². The molecule has 106 valence electrons. The molecule has 2 aromatic rings. The standard InChI is InChI=1S/C12H9BrF2N2O2S/c13-9-3-2-8(6-11(9)15)20(18,19)17-12-5-7(16)1-4-10(12)14/h1-6,17H,16H2. The number of halogens is 3. The Morgan fingerprint density at radius 1 is 1.05 bits per heavy atom. The summed E-state index contributed by atoms with van der Waals surface area (Å²) in [5, 5.41) is 0. The van der Waals surface area contributed by atoms with Gasteiger partial charge in [-0.3, -0.25) is 4.72 Å². The van der Waals surface area contributed by atoms with Crippen molar-refractivity contribution in [3.8, 4) is 0 Å².